The van der Waals surface area contributed by atoms with Crippen LogP contribution in [0.25, 0.3) is 0 Å². The van der Waals surface area contributed by atoms with Gasteiger partial charge in [0.25, 0.3) is 0 Å². The standard InChI is InChI=1S/C21H29NO3P/c1-4-25-26(24)21(23)20(17(2)3)22(15-18-11-7-5-8-12-18)16-19-13-9-6-10-14-19/h5-14,17,20-21,23H,4,15-16H2,1-3H3/q+1/t20-,21+/m0/s1. The molecular weight excluding hydrogens is 345 g/mol. The Morgan fingerprint density at radius 3 is 1.81 bits per heavy atom. The highest BCUT2D eigenvalue weighted by Gasteiger charge is 2.43. The average Bonchev–Trinajstić information content (AvgIpc) is 2.63. The zero-order valence-corrected chi connectivity index (χ0v) is 16.7. The molecule has 0 bridgehead atoms. The molecule has 0 radical (unpaired) electrons. The fourth-order valence-electron chi connectivity index (χ4n) is 3.19. The highest BCUT2D eigenvalue weighted by molar-refractivity contribution is 7.39. The van der Waals surface area contributed by atoms with Gasteiger partial charge in [-0.05, 0) is 28.5 Å². The Bertz CT molecular complexity index is 622. The second-order valence-electron chi connectivity index (χ2n) is 6.73. The lowest BCUT2D eigenvalue weighted by molar-refractivity contribution is 0.0497. The molecule has 0 aliphatic carbocycles. The Balaban J connectivity index is 2.29. The first kappa shape index (κ1) is 20.7. The highest BCUT2D eigenvalue weighted by Crippen LogP contribution is 2.35. The Labute approximate surface area is 157 Å². The van der Waals surface area contributed by atoms with Crippen LogP contribution in [0.15, 0.2) is 60.7 Å². The van der Waals surface area contributed by atoms with E-state index >= 15 is 0 Å². The molecule has 0 heterocycles. The zero-order chi connectivity index (χ0) is 18.9. The van der Waals surface area contributed by atoms with E-state index in [-0.39, 0.29) is 12.0 Å². The van der Waals surface area contributed by atoms with Crippen molar-refractivity contribution in [1.29, 1.82) is 0 Å². The van der Waals surface area contributed by atoms with Gasteiger partial charge in [0, 0.05) is 13.1 Å². The molecule has 140 valence electrons. The van der Waals surface area contributed by atoms with Gasteiger partial charge in [-0.25, -0.2) is 0 Å². The Kier molecular flexibility index (Phi) is 8.40. The summed E-state index contributed by atoms with van der Waals surface area (Å²) < 4.78 is 17.6. The summed E-state index contributed by atoms with van der Waals surface area (Å²) in [6.07, 6.45) is 0. The monoisotopic (exact) mass is 374 g/mol. The van der Waals surface area contributed by atoms with Crippen molar-refractivity contribution in [2.75, 3.05) is 6.61 Å². The van der Waals surface area contributed by atoms with Gasteiger partial charge >= 0.3 is 13.9 Å². The molecule has 2 aromatic carbocycles. The van der Waals surface area contributed by atoms with E-state index in [2.05, 4.69) is 29.2 Å². The van der Waals surface area contributed by atoms with Gasteiger partial charge in [0.2, 0.25) is 0 Å². The van der Waals surface area contributed by atoms with Gasteiger partial charge in [0.15, 0.2) is 0 Å². The van der Waals surface area contributed by atoms with Crippen LogP contribution >= 0.6 is 8.03 Å². The Morgan fingerprint density at radius 1 is 0.962 bits per heavy atom. The molecule has 0 saturated carbocycles. The van der Waals surface area contributed by atoms with Crippen molar-refractivity contribution in [1.82, 2.24) is 4.90 Å². The molecule has 3 atom stereocenters. The number of nitrogens with zero attached hydrogens (tertiary/aromatic N) is 1. The molecule has 2 aromatic rings. The molecule has 5 heteroatoms. The molecule has 1 N–H and O–H groups in total. The van der Waals surface area contributed by atoms with Crippen LogP contribution in [-0.4, -0.2) is 28.5 Å². The summed E-state index contributed by atoms with van der Waals surface area (Å²) in [6.45, 7) is 7.55. The van der Waals surface area contributed by atoms with Crippen molar-refractivity contribution in [3.05, 3.63) is 71.8 Å². The lowest BCUT2D eigenvalue weighted by atomic mass is 10.0. The molecule has 1 unspecified atom stereocenters. The molecule has 0 aliphatic heterocycles. The van der Waals surface area contributed by atoms with Crippen LogP contribution in [0.1, 0.15) is 31.9 Å². The minimum atomic E-state index is -2.13. The predicted octanol–water partition coefficient (Wildman–Crippen LogP) is 4.81. The summed E-state index contributed by atoms with van der Waals surface area (Å²) in [5, 5.41) is 10.8. The van der Waals surface area contributed by atoms with Crippen LogP contribution in [0.2, 0.25) is 0 Å². The first-order valence-electron chi connectivity index (χ1n) is 9.12. The van der Waals surface area contributed by atoms with Gasteiger partial charge < -0.3 is 5.11 Å². The SMILES string of the molecule is CCO[P+](=O)[C@@H](O)[C@H](C(C)C)N(Cc1ccccc1)Cc1ccccc1. The average molecular weight is 374 g/mol. The Hall–Kier alpha value is -1.58. The van der Waals surface area contributed by atoms with E-state index < -0.39 is 13.9 Å². The van der Waals surface area contributed by atoms with E-state index in [1.54, 1.807) is 6.92 Å². The molecule has 0 saturated heterocycles. The van der Waals surface area contributed by atoms with Gasteiger partial charge in [0.1, 0.15) is 0 Å². The lowest BCUT2D eigenvalue weighted by Crippen LogP contribution is -2.45. The number of aliphatic hydroxyl groups excluding tert-OH is 1. The number of hydrogen-bond donors (Lipinski definition) is 1. The quantitative estimate of drug-likeness (QED) is 0.606. The first-order chi connectivity index (χ1) is 12.5. The molecule has 4 nitrogen and oxygen atoms in total. The molecule has 0 aliphatic rings. The van der Waals surface area contributed by atoms with E-state index in [4.69, 9.17) is 4.52 Å². The molecule has 0 fully saturated rings. The van der Waals surface area contributed by atoms with Gasteiger partial charge in [0.05, 0.1) is 12.6 Å². The van der Waals surface area contributed by atoms with Crippen molar-refractivity contribution >= 4 is 8.03 Å². The first-order valence-corrected chi connectivity index (χ1v) is 10.4. The summed E-state index contributed by atoms with van der Waals surface area (Å²) in [5.41, 5.74) is 2.32. The third-order valence-electron chi connectivity index (χ3n) is 4.34. The number of hydrogen-bond acceptors (Lipinski definition) is 4. The number of rotatable bonds is 10. The van der Waals surface area contributed by atoms with Gasteiger partial charge in [-0.2, -0.15) is 0 Å². The van der Waals surface area contributed by atoms with Crippen molar-refractivity contribution in [2.45, 2.75) is 45.7 Å². The molecule has 2 rings (SSSR count). The molecular formula is C21H29NO3P+. The second-order valence-corrected chi connectivity index (χ2v) is 8.09. The molecule has 0 amide bonds. The normalized spacial score (nSPS) is 14.5. The number of benzene rings is 2. The van der Waals surface area contributed by atoms with Crippen LogP contribution in [-0.2, 0) is 22.2 Å². The summed E-state index contributed by atoms with van der Waals surface area (Å²) in [7, 11) is -2.13. The fraction of sp³-hybridized carbons (Fsp3) is 0.429. The van der Waals surface area contributed by atoms with Crippen LogP contribution < -0.4 is 0 Å². The maximum Gasteiger partial charge on any atom is 0.541 e. The third kappa shape index (κ3) is 6.00. The molecule has 0 spiro atoms. The highest BCUT2D eigenvalue weighted by atomic mass is 31.1. The zero-order valence-electron chi connectivity index (χ0n) is 15.8. The molecule has 26 heavy (non-hydrogen) atoms. The topological polar surface area (TPSA) is 49.8 Å². The summed E-state index contributed by atoms with van der Waals surface area (Å²) >= 11 is 0. The van der Waals surface area contributed by atoms with Gasteiger partial charge in [-0.15, -0.1) is 4.52 Å². The third-order valence-corrected chi connectivity index (χ3v) is 5.59. The van der Waals surface area contributed by atoms with Gasteiger partial charge in [-0.1, -0.05) is 74.5 Å². The smallest absolute Gasteiger partial charge is 0.347 e. The minimum absolute atomic E-state index is 0.122. The minimum Gasteiger partial charge on any atom is -0.347 e. The summed E-state index contributed by atoms with van der Waals surface area (Å²) in [4.78, 5) is 2.20. The van der Waals surface area contributed by atoms with Crippen LogP contribution in [0.5, 0.6) is 0 Å². The summed E-state index contributed by atoms with van der Waals surface area (Å²) in [6, 6.07) is 20.1. The van der Waals surface area contributed by atoms with E-state index in [1.165, 1.54) is 0 Å². The second kappa shape index (κ2) is 10.5. The van der Waals surface area contributed by atoms with E-state index in [1.807, 2.05) is 50.2 Å². The van der Waals surface area contributed by atoms with Crippen molar-refractivity contribution in [3.8, 4) is 0 Å². The largest absolute Gasteiger partial charge is 0.541 e. The molecule has 0 aromatic heterocycles. The maximum absolute atomic E-state index is 12.3. The predicted molar refractivity (Wildman–Crippen MR) is 106 cm³/mol. The van der Waals surface area contributed by atoms with Crippen molar-refractivity contribution < 1.29 is 14.2 Å². The van der Waals surface area contributed by atoms with Crippen LogP contribution in [0, 0.1) is 5.92 Å². The van der Waals surface area contributed by atoms with E-state index in [0.29, 0.717) is 19.7 Å². The van der Waals surface area contributed by atoms with E-state index in [0.717, 1.165) is 11.1 Å². The Morgan fingerprint density at radius 2 is 1.42 bits per heavy atom. The van der Waals surface area contributed by atoms with Crippen LogP contribution in [0.4, 0.5) is 0 Å². The fourth-order valence-corrected chi connectivity index (χ4v) is 4.37. The maximum atomic E-state index is 12.3. The van der Waals surface area contributed by atoms with Crippen molar-refractivity contribution in [3.63, 3.8) is 0 Å². The lowest BCUT2D eigenvalue weighted by Gasteiger charge is -2.33. The number of aliphatic hydroxyl groups is 1. The van der Waals surface area contributed by atoms with Crippen LogP contribution in [0.3, 0.4) is 0 Å². The van der Waals surface area contributed by atoms with Crippen molar-refractivity contribution in [2.24, 2.45) is 5.92 Å². The van der Waals surface area contributed by atoms with E-state index in [9.17, 15) is 9.67 Å². The van der Waals surface area contributed by atoms with Gasteiger partial charge in [-0.3, -0.25) is 4.90 Å². The summed E-state index contributed by atoms with van der Waals surface area (Å²) in [5.74, 6) is -0.908.